The van der Waals surface area contributed by atoms with Gasteiger partial charge in [0.2, 0.25) is 0 Å². The predicted molar refractivity (Wildman–Crippen MR) is 105 cm³/mol. The van der Waals surface area contributed by atoms with E-state index in [1.807, 2.05) is 13.8 Å². The first-order valence-corrected chi connectivity index (χ1v) is 8.95. The Morgan fingerprint density at radius 3 is 2.61 bits per heavy atom. The minimum Gasteiger partial charge on any atom is -0.385 e. The number of hydrogen-bond donors (Lipinski definition) is 2. The van der Waals surface area contributed by atoms with E-state index in [1.54, 1.807) is 0 Å². The Kier molecular flexibility index (Phi) is 7.11. The summed E-state index contributed by atoms with van der Waals surface area (Å²) in [7, 11) is 1.51. The second-order valence-corrected chi connectivity index (χ2v) is 6.78. The first-order valence-electron chi connectivity index (χ1n) is 8.95. The van der Waals surface area contributed by atoms with E-state index >= 15 is 0 Å². The van der Waals surface area contributed by atoms with Crippen molar-refractivity contribution in [2.75, 3.05) is 30.9 Å². The van der Waals surface area contributed by atoms with Gasteiger partial charge in [0.15, 0.2) is 5.69 Å². The average molecular weight is 392 g/mol. The van der Waals surface area contributed by atoms with Gasteiger partial charge in [-0.2, -0.15) is 0 Å². The van der Waals surface area contributed by atoms with Gasteiger partial charge in [-0.3, -0.25) is 19.1 Å². The molecule has 152 valence electrons. The molecule has 0 bridgehead atoms. The van der Waals surface area contributed by atoms with Gasteiger partial charge in [-0.15, -0.1) is 0 Å². The molecule has 0 atom stereocenters. The quantitative estimate of drug-likeness (QED) is 0.663. The van der Waals surface area contributed by atoms with E-state index in [9.17, 15) is 18.8 Å². The number of benzene rings is 1. The van der Waals surface area contributed by atoms with E-state index in [-0.39, 0.29) is 36.1 Å². The molecule has 0 saturated heterocycles. The van der Waals surface area contributed by atoms with Crippen LogP contribution >= 0.6 is 0 Å². The second kappa shape index (κ2) is 9.32. The molecule has 1 aromatic heterocycles. The number of anilines is 2. The number of carbonyl (C=O) groups excluding carboxylic acids is 1. The number of rotatable bonds is 8. The zero-order chi connectivity index (χ0) is 20.8. The van der Waals surface area contributed by atoms with Gasteiger partial charge >= 0.3 is 5.69 Å². The van der Waals surface area contributed by atoms with Gasteiger partial charge in [0, 0.05) is 26.8 Å². The van der Waals surface area contributed by atoms with E-state index in [1.165, 1.54) is 29.9 Å². The van der Waals surface area contributed by atoms with E-state index < -0.39 is 23.0 Å². The van der Waals surface area contributed by atoms with Gasteiger partial charge < -0.3 is 15.4 Å². The summed E-state index contributed by atoms with van der Waals surface area (Å²) in [6.45, 7) is 4.42. The molecular formula is C19H25FN4O4. The number of nitrogens with two attached hydrogens (primary N) is 1. The molecule has 8 nitrogen and oxygen atoms in total. The largest absolute Gasteiger partial charge is 0.385 e. The topological polar surface area (TPSA) is 110 Å². The van der Waals surface area contributed by atoms with Crippen LogP contribution in [0.15, 0.2) is 33.9 Å². The molecule has 3 N–H and O–H groups in total. The number of H-pyrrole nitrogens is 1. The van der Waals surface area contributed by atoms with Crippen molar-refractivity contribution in [1.82, 2.24) is 9.55 Å². The first-order chi connectivity index (χ1) is 13.3. The highest BCUT2D eigenvalue weighted by molar-refractivity contribution is 6.07. The van der Waals surface area contributed by atoms with Crippen LogP contribution in [0.5, 0.6) is 0 Å². The second-order valence-electron chi connectivity index (χ2n) is 6.78. The Balaban J connectivity index is 2.61. The number of aromatic amines is 1. The average Bonchev–Trinajstić information content (AvgIpc) is 2.63. The van der Waals surface area contributed by atoms with Crippen molar-refractivity contribution >= 4 is 17.4 Å². The highest BCUT2D eigenvalue weighted by Crippen LogP contribution is 2.21. The molecule has 0 spiro atoms. The number of halogens is 1. The lowest BCUT2D eigenvalue weighted by Gasteiger charge is -2.25. The maximum atomic E-state index is 14.2. The summed E-state index contributed by atoms with van der Waals surface area (Å²) in [5.41, 5.74) is 4.29. The zero-order valence-electron chi connectivity index (χ0n) is 16.2. The van der Waals surface area contributed by atoms with Gasteiger partial charge in [0.1, 0.15) is 11.6 Å². The highest BCUT2D eigenvalue weighted by Gasteiger charge is 2.26. The molecule has 0 radical (unpaired) electrons. The van der Waals surface area contributed by atoms with Crippen molar-refractivity contribution < 1.29 is 13.9 Å². The maximum absolute atomic E-state index is 14.2. The van der Waals surface area contributed by atoms with E-state index in [2.05, 4.69) is 4.98 Å². The van der Waals surface area contributed by atoms with Crippen LogP contribution in [0.3, 0.4) is 0 Å². The fourth-order valence-electron chi connectivity index (χ4n) is 2.85. The Labute approximate surface area is 161 Å². The molecule has 1 aromatic carbocycles. The van der Waals surface area contributed by atoms with Crippen LogP contribution < -0.4 is 21.9 Å². The number of nitrogens with one attached hydrogen (secondary N) is 1. The first kappa shape index (κ1) is 21.4. The van der Waals surface area contributed by atoms with E-state index in [0.29, 0.717) is 13.0 Å². The van der Waals surface area contributed by atoms with Crippen molar-refractivity contribution in [2.45, 2.75) is 26.8 Å². The summed E-state index contributed by atoms with van der Waals surface area (Å²) in [6.07, 6.45) is 0.388. The van der Waals surface area contributed by atoms with Crippen molar-refractivity contribution in [3.63, 3.8) is 0 Å². The number of nitrogens with zero attached hydrogens (tertiary/aromatic N) is 2. The number of aromatic nitrogens is 2. The third-order valence-electron chi connectivity index (χ3n) is 4.11. The SMILES string of the molecule is COCCCN(C(=O)c1ccccc1F)c1c(N)n(CC(C)C)c(=O)[nH]c1=O. The number of amides is 1. The van der Waals surface area contributed by atoms with Crippen LogP contribution in [0.2, 0.25) is 0 Å². The molecule has 0 saturated carbocycles. The normalized spacial score (nSPS) is 11.0. The van der Waals surface area contributed by atoms with E-state index in [4.69, 9.17) is 10.5 Å². The number of methoxy groups -OCH3 is 1. The van der Waals surface area contributed by atoms with Gasteiger partial charge in [-0.25, -0.2) is 9.18 Å². The lowest BCUT2D eigenvalue weighted by Crippen LogP contribution is -2.42. The Bertz CT molecular complexity index is 952. The van der Waals surface area contributed by atoms with Crippen molar-refractivity contribution in [1.29, 1.82) is 0 Å². The molecule has 0 aliphatic rings. The molecule has 28 heavy (non-hydrogen) atoms. The van der Waals surface area contributed by atoms with Gasteiger partial charge in [0.05, 0.1) is 5.56 Å². The molecule has 2 rings (SSSR count). The summed E-state index contributed by atoms with van der Waals surface area (Å²) in [5, 5.41) is 0. The Morgan fingerprint density at radius 2 is 2.00 bits per heavy atom. The third kappa shape index (κ3) is 4.66. The minimum absolute atomic E-state index is 0.0637. The molecule has 2 aromatic rings. The van der Waals surface area contributed by atoms with Gasteiger partial charge in [-0.05, 0) is 24.5 Å². The Hall–Kier alpha value is -2.94. The highest BCUT2D eigenvalue weighted by atomic mass is 19.1. The molecule has 0 fully saturated rings. The molecule has 1 heterocycles. The van der Waals surface area contributed by atoms with Gasteiger partial charge in [-0.1, -0.05) is 26.0 Å². The summed E-state index contributed by atoms with van der Waals surface area (Å²) in [6, 6.07) is 5.48. The summed E-state index contributed by atoms with van der Waals surface area (Å²) >= 11 is 0. The summed E-state index contributed by atoms with van der Waals surface area (Å²) in [5.74, 6) is -1.50. The lowest BCUT2D eigenvalue weighted by atomic mass is 10.1. The maximum Gasteiger partial charge on any atom is 0.330 e. The standard InChI is InChI=1S/C19H25FN4O4/c1-12(2)11-24-16(21)15(17(25)22-19(24)27)23(9-6-10-28-3)18(26)13-7-4-5-8-14(13)20/h4-5,7-8,12H,6,9-11,21H2,1-3H3,(H,22,25,27). The van der Waals surface area contributed by atoms with Crippen LogP contribution in [0, 0.1) is 11.7 Å². The van der Waals surface area contributed by atoms with E-state index in [0.717, 1.165) is 11.0 Å². The molecule has 9 heteroatoms. The fourth-order valence-corrected chi connectivity index (χ4v) is 2.85. The summed E-state index contributed by atoms with van der Waals surface area (Å²) in [4.78, 5) is 41.0. The van der Waals surface area contributed by atoms with Crippen LogP contribution in [0.1, 0.15) is 30.6 Å². The number of nitrogen functional groups attached to an aromatic ring is 1. The Morgan fingerprint density at radius 1 is 1.32 bits per heavy atom. The van der Waals surface area contributed by atoms with Crippen LogP contribution in [-0.4, -0.2) is 35.7 Å². The molecule has 0 aliphatic heterocycles. The van der Waals surface area contributed by atoms with Crippen molar-refractivity contribution in [3.8, 4) is 0 Å². The van der Waals surface area contributed by atoms with Crippen molar-refractivity contribution in [2.24, 2.45) is 5.92 Å². The number of carbonyl (C=O) groups is 1. The monoisotopic (exact) mass is 392 g/mol. The lowest BCUT2D eigenvalue weighted by molar-refractivity contribution is 0.0979. The predicted octanol–water partition coefficient (Wildman–Crippen LogP) is 1.60. The third-order valence-corrected chi connectivity index (χ3v) is 4.11. The van der Waals surface area contributed by atoms with Crippen LogP contribution in [0.4, 0.5) is 15.9 Å². The van der Waals surface area contributed by atoms with Crippen LogP contribution in [0.25, 0.3) is 0 Å². The molecule has 0 aliphatic carbocycles. The zero-order valence-corrected chi connectivity index (χ0v) is 16.2. The smallest absolute Gasteiger partial charge is 0.330 e. The summed E-state index contributed by atoms with van der Waals surface area (Å²) < 4.78 is 20.4. The van der Waals surface area contributed by atoms with Crippen molar-refractivity contribution in [3.05, 3.63) is 56.5 Å². The minimum atomic E-state index is -0.801. The fraction of sp³-hybridized carbons (Fsp3) is 0.421. The molecule has 0 unspecified atom stereocenters. The molecular weight excluding hydrogens is 367 g/mol. The number of ether oxygens (including phenoxy) is 1. The molecule has 1 amide bonds. The van der Waals surface area contributed by atoms with Gasteiger partial charge in [0.25, 0.3) is 11.5 Å². The number of hydrogen-bond acceptors (Lipinski definition) is 5. The van der Waals surface area contributed by atoms with Crippen LogP contribution in [-0.2, 0) is 11.3 Å².